The van der Waals surface area contributed by atoms with E-state index in [1.54, 1.807) is 12.3 Å². The molecule has 0 aliphatic carbocycles. The lowest BCUT2D eigenvalue weighted by Gasteiger charge is -2.13. The molecule has 1 aliphatic rings. The van der Waals surface area contributed by atoms with Gasteiger partial charge in [0, 0.05) is 11.5 Å². The normalized spacial score (nSPS) is 19.4. The molecule has 20 heavy (non-hydrogen) atoms. The van der Waals surface area contributed by atoms with Crippen LogP contribution in [0, 0.1) is 12.8 Å². The largest absolute Gasteiger partial charge is 0.489 e. The number of hydrogen-bond donors (Lipinski definition) is 1. The minimum absolute atomic E-state index is 0.354. The number of benzene rings is 1. The van der Waals surface area contributed by atoms with Gasteiger partial charge in [0.05, 0.1) is 19.5 Å². The second-order valence-electron chi connectivity index (χ2n) is 5.27. The highest BCUT2D eigenvalue weighted by Gasteiger charge is 2.20. The van der Waals surface area contributed by atoms with Gasteiger partial charge in [0.25, 0.3) is 0 Å². The van der Waals surface area contributed by atoms with Crippen LogP contribution < -0.4 is 9.47 Å². The Hall–Kier alpha value is -1.94. The van der Waals surface area contributed by atoms with Crippen molar-refractivity contribution in [3.63, 3.8) is 0 Å². The van der Waals surface area contributed by atoms with Crippen molar-refractivity contribution < 1.29 is 19.0 Å². The van der Waals surface area contributed by atoms with E-state index < -0.39 is 6.10 Å². The monoisotopic (exact) mass is 274 g/mol. The van der Waals surface area contributed by atoms with Crippen LogP contribution in [0.1, 0.15) is 29.9 Å². The zero-order valence-corrected chi connectivity index (χ0v) is 11.6. The van der Waals surface area contributed by atoms with Gasteiger partial charge in [0.15, 0.2) is 11.5 Å². The zero-order chi connectivity index (χ0) is 14.1. The lowest BCUT2D eigenvalue weighted by atomic mass is 10.0. The quantitative estimate of drug-likeness (QED) is 0.914. The van der Waals surface area contributed by atoms with Crippen molar-refractivity contribution in [2.24, 2.45) is 5.92 Å². The maximum Gasteiger partial charge on any atom is 0.161 e. The van der Waals surface area contributed by atoms with Crippen molar-refractivity contribution in [2.75, 3.05) is 13.2 Å². The van der Waals surface area contributed by atoms with Crippen LogP contribution in [-0.4, -0.2) is 18.3 Å². The van der Waals surface area contributed by atoms with Crippen LogP contribution in [-0.2, 0) is 0 Å². The molecule has 4 nitrogen and oxygen atoms in total. The Kier molecular flexibility index (Phi) is 3.40. The summed E-state index contributed by atoms with van der Waals surface area (Å²) in [6.07, 6.45) is 0.863. The third-order valence-corrected chi connectivity index (χ3v) is 3.52. The first-order valence-electron chi connectivity index (χ1n) is 6.76. The molecule has 1 N–H and O–H groups in total. The van der Waals surface area contributed by atoms with Gasteiger partial charge in [0.2, 0.25) is 0 Å². The Balaban J connectivity index is 1.91. The molecule has 0 saturated carbocycles. The Labute approximate surface area is 117 Å². The number of aliphatic hydroxyl groups is 1. The van der Waals surface area contributed by atoms with Gasteiger partial charge in [-0.25, -0.2) is 0 Å². The van der Waals surface area contributed by atoms with E-state index in [0.29, 0.717) is 24.9 Å². The number of hydrogen-bond acceptors (Lipinski definition) is 4. The number of fused-ring (bicyclic) bond motifs is 1. The summed E-state index contributed by atoms with van der Waals surface area (Å²) in [4.78, 5) is 0. The van der Waals surface area contributed by atoms with Gasteiger partial charge in [-0.05, 0) is 30.7 Å². The summed E-state index contributed by atoms with van der Waals surface area (Å²) in [7, 11) is 0. The van der Waals surface area contributed by atoms with E-state index in [1.807, 2.05) is 25.1 Å². The topological polar surface area (TPSA) is 51.8 Å². The van der Waals surface area contributed by atoms with Crippen molar-refractivity contribution in [3.8, 4) is 11.5 Å². The lowest BCUT2D eigenvalue weighted by Crippen LogP contribution is -2.12. The molecule has 0 bridgehead atoms. The fourth-order valence-corrected chi connectivity index (χ4v) is 2.30. The minimum Gasteiger partial charge on any atom is -0.489 e. The fraction of sp³-hybridized carbons (Fsp3) is 0.375. The summed E-state index contributed by atoms with van der Waals surface area (Å²) in [6.45, 7) is 5.19. The molecule has 0 saturated heterocycles. The summed E-state index contributed by atoms with van der Waals surface area (Å²) >= 11 is 0. The molecule has 4 heteroatoms. The fourth-order valence-electron chi connectivity index (χ4n) is 2.30. The SMILES string of the molecule is Cc1occc1C(O)c1ccc2c(c1)OCC(C)CO2. The lowest BCUT2D eigenvalue weighted by molar-refractivity contribution is 0.216. The molecule has 0 fully saturated rings. The van der Waals surface area contributed by atoms with Crippen LogP contribution in [0.4, 0.5) is 0 Å². The van der Waals surface area contributed by atoms with Gasteiger partial charge in [-0.1, -0.05) is 13.0 Å². The Morgan fingerprint density at radius 3 is 2.60 bits per heavy atom. The minimum atomic E-state index is -0.719. The molecule has 106 valence electrons. The summed E-state index contributed by atoms with van der Waals surface area (Å²) < 4.78 is 16.7. The van der Waals surface area contributed by atoms with E-state index in [9.17, 15) is 5.11 Å². The van der Waals surface area contributed by atoms with Crippen molar-refractivity contribution in [1.29, 1.82) is 0 Å². The number of ether oxygens (including phenoxy) is 2. The van der Waals surface area contributed by atoms with E-state index in [1.165, 1.54) is 0 Å². The van der Waals surface area contributed by atoms with Crippen LogP contribution in [0.25, 0.3) is 0 Å². The molecular formula is C16H18O4. The van der Waals surface area contributed by atoms with Gasteiger partial charge in [-0.3, -0.25) is 0 Å². The maximum absolute atomic E-state index is 10.4. The van der Waals surface area contributed by atoms with E-state index >= 15 is 0 Å². The molecule has 1 aromatic carbocycles. The Morgan fingerprint density at radius 2 is 1.90 bits per heavy atom. The van der Waals surface area contributed by atoms with Crippen LogP contribution in [0.2, 0.25) is 0 Å². The standard InChI is InChI=1S/C16H18O4/c1-10-8-19-14-4-3-12(7-15(14)20-9-10)16(17)13-5-6-18-11(13)2/h3-7,10,16-17H,8-9H2,1-2H3. The van der Waals surface area contributed by atoms with E-state index in [-0.39, 0.29) is 0 Å². The first-order valence-corrected chi connectivity index (χ1v) is 6.76. The molecule has 2 aromatic rings. The first kappa shape index (κ1) is 13.1. The molecule has 1 aliphatic heterocycles. The predicted octanol–water partition coefficient (Wildman–Crippen LogP) is 3.08. The number of aliphatic hydroxyl groups excluding tert-OH is 1. The van der Waals surface area contributed by atoms with Crippen molar-refractivity contribution >= 4 is 0 Å². The van der Waals surface area contributed by atoms with Crippen LogP contribution >= 0.6 is 0 Å². The third kappa shape index (κ3) is 2.39. The molecule has 0 spiro atoms. The Bertz CT molecular complexity index is 602. The Morgan fingerprint density at radius 1 is 1.15 bits per heavy atom. The summed E-state index contributed by atoms with van der Waals surface area (Å²) in [6, 6.07) is 7.33. The molecule has 2 heterocycles. The van der Waals surface area contributed by atoms with Gasteiger partial charge < -0.3 is 19.0 Å². The molecule has 3 rings (SSSR count). The molecule has 1 aromatic heterocycles. The van der Waals surface area contributed by atoms with E-state index in [4.69, 9.17) is 13.9 Å². The average Bonchev–Trinajstić information content (AvgIpc) is 2.79. The van der Waals surface area contributed by atoms with Gasteiger partial charge in [-0.2, -0.15) is 0 Å². The molecule has 0 radical (unpaired) electrons. The molecular weight excluding hydrogens is 256 g/mol. The summed E-state index contributed by atoms with van der Waals surface area (Å²) in [5.41, 5.74) is 1.54. The van der Waals surface area contributed by atoms with Crippen LogP contribution in [0.5, 0.6) is 11.5 Å². The molecule has 0 amide bonds. The predicted molar refractivity (Wildman–Crippen MR) is 74.1 cm³/mol. The van der Waals surface area contributed by atoms with E-state index in [2.05, 4.69) is 6.92 Å². The maximum atomic E-state index is 10.4. The molecule has 2 atom stereocenters. The van der Waals surface area contributed by atoms with Crippen molar-refractivity contribution in [1.82, 2.24) is 0 Å². The van der Waals surface area contributed by atoms with Crippen molar-refractivity contribution in [3.05, 3.63) is 47.4 Å². The van der Waals surface area contributed by atoms with Crippen molar-refractivity contribution in [2.45, 2.75) is 20.0 Å². The number of aryl methyl sites for hydroxylation is 1. The van der Waals surface area contributed by atoms with Crippen LogP contribution in [0.3, 0.4) is 0 Å². The molecule has 2 unspecified atom stereocenters. The zero-order valence-electron chi connectivity index (χ0n) is 11.6. The van der Waals surface area contributed by atoms with Gasteiger partial charge >= 0.3 is 0 Å². The highest BCUT2D eigenvalue weighted by Crippen LogP contribution is 2.35. The summed E-state index contributed by atoms with van der Waals surface area (Å²) in [5, 5.41) is 10.4. The number of rotatable bonds is 2. The first-order chi connectivity index (χ1) is 9.65. The third-order valence-electron chi connectivity index (χ3n) is 3.52. The summed E-state index contributed by atoms with van der Waals surface area (Å²) in [5.74, 6) is 2.49. The highest BCUT2D eigenvalue weighted by atomic mass is 16.5. The second-order valence-corrected chi connectivity index (χ2v) is 5.27. The second kappa shape index (κ2) is 5.21. The number of furan rings is 1. The average molecular weight is 274 g/mol. The van der Waals surface area contributed by atoms with Gasteiger partial charge in [-0.15, -0.1) is 0 Å². The smallest absolute Gasteiger partial charge is 0.161 e. The van der Waals surface area contributed by atoms with Gasteiger partial charge in [0.1, 0.15) is 11.9 Å². The van der Waals surface area contributed by atoms with Crippen LogP contribution in [0.15, 0.2) is 34.9 Å². The highest BCUT2D eigenvalue weighted by molar-refractivity contribution is 5.46. The van der Waals surface area contributed by atoms with E-state index in [0.717, 1.165) is 22.6 Å².